The van der Waals surface area contributed by atoms with Crippen LogP contribution in [0.15, 0.2) is 30.4 Å². The third-order valence-electron chi connectivity index (χ3n) is 4.78. The molecule has 1 aromatic rings. The second-order valence-corrected chi connectivity index (χ2v) is 7.07. The minimum Gasteiger partial charge on any atom is -0.347 e. The van der Waals surface area contributed by atoms with Crippen LogP contribution in [-0.4, -0.2) is 17.4 Å². The summed E-state index contributed by atoms with van der Waals surface area (Å²) in [5.74, 6) is -0.107. The fourth-order valence-corrected chi connectivity index (χ4v) is 3.16. The number of fused-ring (bicyclic) bond motifs is 1. The minimum absolute atomic E-state index is 0.0237. The molecule has 22 heavy (non-hydrogen) atoms. The maximum absolute atomic E-state index is 12.5. The molecule has 3 rings (SSSR count). The Morgan fingerprint density at radius 3 is 2.68 bits per heavy atom. The molecule has 2 amide bonds. The number of benzene rings is 1. The van der Waals surface area contributed by atoms with Crippen molar-refractivity contribution in [3.63, 3.8) is 0 Å². The maximum Gasteiger partial charge on any atom is 0.251 e. The number of carbonyl (C=O) groups excluding carboxylic acids is 2. The molecule has 1 atom stereocenters. The van der Waals surface area contributed by atoms with Crippen molar-refractivity contribution in [3.05, 3.63) is 41.5 Å². The molecule has 1 aromatic carbocycles. The number of amides is 2. The molecule has 116 valence electrons. The first-order valence-corrected chi connectivity index (χ1v) is 7.75. The van der Waals surface area contributed by atoms with Gasteiger partial charge in [0.05, 0.1) is 5.41 Å². The first-order chi connectivity index (χ1) is 10.3. The lowest BCUT2D eigenvalue weighted by molar-refractivity contribution is -0.119. The highest BCUT2D eigenvalue weighted by molar-refractivity contribution is 6.07. The maximum atomic E-state index is 12.5. The van der Waals surface area contributed by atoms with Gasteiger partial charge in [-0.15, -0.1) is 0 Å². The van der Waals surface area contributed by atoms with Crippen molar-refractivity contribution in [2.45, 2.75) is 51.0 Å². The molecule has 2 aliphatic rings. The van der Waals surface area contributed by atoms with E-state index in [0.717, 1.165) is 30.5 Å². The lowest BCUT2D eigenvalue weighted by Crippen LogP contribution is -2.46. The van der Waals surface area contributed by atoms with E-state index in [4.69, 9.17) is 0 Å². The summed E-state index contributed by atoms with van der Waals surface area (Å²) in [7, 11) is 0. The highest BCUT2D eigenvalue weighted by Crippen LogP contribution is 2.37. The Morgan fingerprint density at radius 1 is 1.23 bits per heavy atom. The lowest BCUT2D eigenvalue weighted by atomic mass is 9.85. The summed E-state index contributed by atoms with van der Waals surface area (Å²) < 4.78 is 0. The Morgan fingerprint density at radius 2 is 2.00 bits per heavy atom. The monoisotopic (exact) mass is 298 g/mol. The van der Waals surface area contributed by atoms with Crippen LogP contribution in [0.2, 0.25) is 0 Å². The fourth-order valence-electron chi connectivity index (χ4n) is 3.16. The standard InChI is InChI=1S/C18H22N2O2/c1-17(2)13-8-7-12(11-14(13)19-16(17)22)15(21)20-18(3)9-5-4-6-10-18/h4-5,7-8,11H,6,9-10H2,1-3H3,(H,19,22)(H,20,21). The van der Waals surface area contributed by atoms with Gasteiger partial charge >= 0.3 is 0 Å². The van der Waals surface area contributed by atoms with Gasteiger partial charge in [0, 0.05) is 16.8 Å². The number of carbonyl (C=O) groups is 2. The number of nitrogens with one attached hydrogen (secondary N) is 2. The summed E-state index contributed by atoms with van der Waals surface area (Å²) in [4.78, 5) is 24.5. The van der Waals surface area contributed by atoms with Gasteiger partial charge in [-0.05, 0) is 57.7 Å². The zero-order chi connectivity index (χ0) is 16.0. The smallest absolute Gasteiger partial charge is 0.251 e. The molecule has 0 fully saturated rings. The summed E-state index contributed by atoms with van der Waals surface area (Å²) in [5, 5.41) is 6.00. The quantitative estimate of drug-likeness (QED) is 0.824. The van der Waals surface area contributed by atoms with Gasteiger partial charge in [-0.25, -0.2) is 0 Å². The molecule has 1 unspecified atom stereocenters. The van der Waals surface area contributed by atoms with E-state index in [2.05, 4.69) is 29.7 Å². The van der Waals surface area contributed by atoms with Crippen LogP contribution in [-0.2, 0) is 10.2 Å². The average Bonchev–Trinajstić information content (AvgIpc) is 2.69. The molecule has 0 bridgehead atoms. The van der Waals surface area contributed by atoms with Crippen molar-refractivity contribution in [1.29, 1.82) is 0 Å². The Hall–Kier alpha value is -2.10. The van der Waals surface area contributed by atoms with Crippen molar-refractivity contribution in [2.24, 2.45) is 0 Å². The van der Waals surface area contributed by atoms with Gasteiger partial charge in [0.2, 0.25) is 5.91 Å². The van der Waals surface area contributed by atoms with Crippen molar-refractivity contribution in [1.82, 2.24) is 5.32 Å². The fraction of sp³-hybridized carbons (Fsp3) is 0.444. The summed E-state index contributed by atoms with van der Waals surface area (Å²) in [6, 6.07) is 5.46. The first kappa shape index (κ1) is 14.8. The number of hydrogen-bond acceptors (Lipinski definition) is 2. The number of allylic oxidation sites excluding steroid dienone is 1. The van der Waals surface area contributed by atoms with Gasteiger partial charge < -0.3 is 10.6 Å². The van der Waals surface area contributed by atoms with Crippen LogP contribution in [0.5, 0.6) is 0 Å². The Balaban J connectivity index is 1.82. The van der Waals surface area contributed by atoms with E-state index in [-0.39, 0.29) is 17.4 Å². The highest BCUT2D eigenvalue weighted by Gasteiger charge is 2.38. The molecule has 0 aromatic heterocycles. The molecular formula is C18H22N2O2. The lowest BCUT2D eigenvalue weighted by Gasteiger charge is -2.32. The van der Waals surface area contributed by atoms with Crippen molar-refractivity contribution in [2.75, 3.05) is 5.32 Å². The van der Waals surface area contributed by atoms with Crippen LogP contribution in [0, 0.1) is 0 Å². The first-order valence-electron chi connectivity index (χ1n) is 7.75. The van der Waals surface area contributed by atoms with Crippen molar-refractivity contribution < 1.29 is 9.59 Å². The van der Waals surface area contributed by atoms with Gasteiger partial charge in [-0.1, -0.05) is 18.2 Å². The molecule has 1 aliphatic heterocycles. The molecule has 1 aliphatic carbocycles. The van der Waals surface area contributed by atoms with E-state index in [1.54, 1.807) is 12.1 Å². The molecule has 0 saturated heterocycles. The number of rotatable bonds is 2. The number of hydrogen-bond donors (Lipinski definition) is 2. The van der Waals surface area contributed by atoms with Gasteiger partial charge in [0.1, 0.15) is 0 Å². The molecule has 1 heterocycles. The van der Waals surface area contributed by atoms with Gasteiger partial charge in [0.15, 0.2) is 0 Å². The molecule has 4 heteroatoms. The molecule has 0 radical (unpaired) electrons. The predicted octanol–water partition coefficient (Wildman–Crippen LogP) is 3.14. The van der Waals surface area contributed by atoms with Crippen LogP contribution < -0.4 is 10.6 Å². The molecule has 0 saturated carbocycles. The van der Waals surface area contributed by atoms with E-state index in [1.165, 1.54) is 0 Å². The van der Waals surface area contributed by atoms with E-state index in [9.17, 15) is 9.59 Å². The Labute approximate surface area is 131 Å². The van der Waals surface area contributed by atoms with Crippen LogP contribution >= 0.6 is 0 Å². The van der Waals surface area contributed by atoms with Crippen LogP contribution in [0.1, 0.15) is 56.0 Å². The van der Waals surface area contributed by atoms with Crippen molar-refractivity contribution in [3.8, 4) is 0 Å². The Kier molecular flexibility index (Phi) is 3.35. The minimum atomic E-state index is -0.537. The van der Waals surface area contributed by atoms with Gasteiger partial charge in [-0.3, -0.25) is 9.59 Å². The number of anilines is 1. The SMILES string of the molecule is CC1(NC(=O)c2ccc3c(c2)NC(=O)C3(C)C)CC=CCC1. The van der Waals surface area contributed by atoms with E-state index in [1.807, 2.05) is 19.9 Å². The second-order valence-electron chi connectivity index (χ2n) is 7.07. The molecular weight excluding hydrogens is 276 g/mol. The summed E-state index contributed by atoms with van der Waals surface area (Å²) in [5.41, 5.74) is 1.56. The third-order valence-corrected chi connectivity index (χ3v) is 4.78. The molecule has 4 nitrogen and oxygen atoms in total. The topological polar surface area (TPSA) is 58.2 Å². The largest absolute Gasteiger partial charge is 0.347 e. The third kappa shape index (κ3) is 2.43. The summed E-state index contributed by atoms with van der Waals surface area (Å²) in [6.07, 6.45) is 7.07. The Bertz CT molecular complexity index is 676. The average molecular weight is 298 g/mol. The second kappa shape index (κ2) is 4.97. The summed E-state index contributed by atoms with van der Waals surface area (Å²) >= 11 is 0. The summed E-state index contributed by atoms with van der Waals surface area (Å²) in [6.45, 7) is 5.86. The van der Waals surface area contributed by atoms with Gasteiger partial charge in [0.25, 0.3) is 5.91 Å². The zero-order valence-electron chi connectivity index (χ0n) is 13.3. The van der Waals surface area contributed by atoms with Crippen LogP contribution in [0.4, 0.5) is 5.69 Å². The van der Waals surface area contributed by atoms with Gasteiger partial charge in [-0.2, -0.15) is 0 Å². The molecule has 0 spiro atoms. The van der Waals surface area contributed by atoms with E-state index >= 15 is 0 Å². The van der Waals surface area contributed by atoms with E-state index < -0.39 is 5.41 Å². The molecule has 2 N–H and O–H groups in total. The van der Waals surface area contributed by atoms with Crippen LogP contribution in [0.3, 0.4) is 0 Å². The normalized spacial score (nSPS) is 25.5. The highest BCUT2D eigenvalue weighted by atomic mass is 16.2. The van der Waals surface area contributed by atoms with Crippen molar-refractivity contribution >= 4 is 17.5 Å². The van der Waals surface area contributed by atoms with Crippen LogP contribution in [0.25, 0.3) is 0 Å². The zero-order valence-corrected chi connectivity index (χ0v) is 13.3. The predicted molar refractivity (Wildman–Crippen MR) is 87.0 cm³/mol. The van der Waals surface area contributed by atoms with E-state index in [0.29, 0.717) is 5.56 Å².